The summed E-state index contributed by atoms with van der Waals surface area (Å²) in [5, 5.41) is 0.388. The number of rotatable bonds is 3. The highest BCUT2D eigenvalue weighted by atomic mass is 79.9. The van der Waals surface area contributed by atoms with E-state index in [1.54, 1.807) is 12.1 Å². The highest BCUT2D eigenvalue weighted by Crippen LogP contribution is 2.27. The third-order valence-corrected chi connectivity index (χ3v) is 3.31. The van der Waals surface area contributed by atoms with E-state index in [2.05, 4.69) is 15.9 Å². The fraction of sp³-hybridized carbons (Fsp3) is 0.0714. The molecule has 19 heavy (non-hydrogen) atoms. The van der Waals surface area contributed by atoms with Crippen LogP contribution in [0.25, 0.3) is 0 Å². The summed E-state index contributed by atoms with van der Waals surface area (Å²) in [5.41, 5.74) is 0.196. The molecule has 0 aliphatic rings. The molecule has 2 nitrogen and oxygen atoms in total. The van der Waals surface area contributed by atoms with Gasteiger partial charge in [0.2, 0.25) is 0 Å². The quantitative estimate of drug-likeness (QED) is 0.768. The van der Waals surface area contributed by atoms with Gasteiger partial charge in [-0.25, -0.2) is 4.39 Å². The average Bonchev–Trinajstić information content (AvgIpc) is 2.40. The summed E-state index contributed by atoms with van der Waals surface area (Å²) in [6.45, 7) is 0. The van der Waals surface area contributed by atoms with E-state index in [4.69, 9.17) is 16.3 Å². The topological polar surface area (TPSA) is 26.3 Å². The molecule has 0 bridgehead atoms. The summed E-state index contributed by atoms with van der Waals surface area (Å²) in [4.78, 5) is 12.4. The fourth-order valence-electron chi connectivity index (χ4n) is 1.67. The van der Waals surface area contributed by atoms with Gasteiger partial charge in [-0.3, -0.25) is 4.79 Å². The SMILES string of the molecule is COc1ccc(Cl)cc1C(=O)c1cc(Br)ccc1F. The summed E-state index contributed by atoms with van der Waals surface area (Å²) in [6, 6.07) is 8.83. The van der Waals surface area contributed by atoms with Crippen LogP contribution in [0.15, 0.2) is 40.9 Å². The van der Waals surface area contributed by atoms with E-state index in [-0.39, 0.29) is 11.1 Å². The standard InChI is InChI=1S/C14H9BrClFO2/c1-19-13-5-3-9(16)7-11(13)14(18)10-6-8(15)2-4-12(10)17/h2-7H,1H3. The average molecular weight is 344 g/mol. The van der Waals surface area contributed by atoms with Crippen LogP contribution in [0.5, 0.6) is 5.75 Å². The van der Waals surface area contributed by atoms with E-state index >= 15 is 0 Å². The molecule has 0 N–H and O–H groups in total. The second-order valence-electron chi connectivity index (χ2n) is 3.80. The van der Waals surface area contributed by atoms with Crippen LogP contribution < -0.4 is 4.74 Å². The van der Waals surface area contributed by atoms with E-state index in [1.807, 2.05) is 0 Å². The maximum Gasteiger partial charge on any atom is 0.199 e. The lowest BCUT2D eigenvalue weighted by molar-refractivity contribution is 0.103. The van der Waals surface area contributed by atoms with E-state index in [1.165, 1.54) is 31.4 Å². The molecule has 2 rings (SSSR count). The number of halogens is 3. The summed E-state index contributed by atoms with van der Waals surface area (Å²) in [6.07, 6.45) is 0. The van der Waals surface area contributed by atoms with Crippen molar-refractivity contribution in [3.63, 3.8) is 0 Å². The zero-order chi connectivity index (χ0) is 14.0. The molecular weight excluding hydrogens is 335 g/mol. The molecule has 0 unspecified atom stereocenters. The van der Waals surface area contributed by atoms with Gasteiger partial charge in [0.05, 0.1) is 18.2 Å². The summed E-state index contributed by atoms with van der Waals surface area (Å²) < 4.78 is 19.4. The van der Waals surface area contributed by atoms with Gasteiger partial charge in [0.1, 0.15) is 11.6 Å². The Morgan fingerprint density at radius 2 is 1.95 bits per heavy atom. The molecule has 0 radical (unpaired) electrons. The first-order chi connectivity index (χ1) is 9.02. The first-order valence-electron chi connectivity index (χ1n) is 5.36. The first-order valence-corrected chi connectivity index (χ1v) is 6.53. The molecular formula is C14H9BrClFO2. The summed E-state index contributed by atoms with van der Waals surface area (Å²) in [7, 11) is 1.44. The zero-order valence-electron chi connectivity index (χ0n) is 9.91. The number of benzene rings is 2. The van der Waals surface area contributed by atoms with Crippen LogP contribution in [0, 0.1) is 5.82 Å². The van der Waals surface area contributed by atoms with Crippen LogP contribution in [-0.2, 0) is 0 Å². The van der Waals surface area contributed by atoms with Crippen molar-refractivity contribution >= 4 is 33.3 Å². The molecule has 98 valence electrons. The Morgan fingerprint density at radius 3 is 2.63 bits per heavy atom. The van der Waals surface area contributed by atoms with E-state index in [0.717, 1.165) is 0 Å². The molecule has 2 aromatic rings. The first kappa shape index (κ1) is 14.0. The van der Waals surface area contributed by atoms with Crippen molar-refractivity contribution in [3.05, 3.63) is 62.8 Å². The number of hydrogen-bond acceptors (Lipinski definition) is 2. The highest BCUT2D eigenvalue weighted by Gasteiger charge is 2.18. The summed E-state index contributed by atoms with van der Waals surface area (Å²) >= 11 is 9.08. The van der Waals surface area contributed by atoms with E-state index in [9.17, 15) is 9.18 Å². The number of hydrogen-bond donors (Lipinski definition) is 0. The Bertz CT molecular complexity index is 643. The van der Waals surface area contributed by atoms with Crippen LogP contribution in [0.2, 0.25) is 5.02 Å². The summed E-state index contributed by atoms with van der Waals surface area (Å²) in [5.74, 6) is -0.706. The molecule has 0 saturated carbocycles. The van der Waals surface area contributed by atoms with Crippen molar-refractivity contribution in [2.45, 2.75) is 0 Å². The molecule has 0 saturated heterocycles. The second kappa shape index (κ2) is 5.72. The van der Waals surface area contributed by atoms with Crippen LogP contribution >= 0.6 is 27.5 Å². The Labute approximate surface area is 123 Å². The molecule has 0 aliphatic carbocycles. The van der Waals surface area contributed by atoms with Crippen LogP contribution in [0.4, 0.5) is 4.39 Å². The molecule has 5 heteroatoms. The van der Waals surface area contributed by atoms with Gasteiger partial charge in [-0.2, -0.15) is 0 Å². The van der Waals surface area contributed by atoms with Crippen LogP contribution in [0.3, 0.4) is 0 Å². The molecule has 0 spiro atoms. The highest BCUT2D eigenvalue weighted by molar-refractivity contribution is 9.10. The predicted octanol–water partition coefficient (Wildman–Crippen LogP) is 4.48. The van der Waals surface area contributed by atoms with Gasteiger partial charge in [0, 0.05) is 9.50 Å². The Morgan fingerprint density at radius 1 is 1.21 bits per heavy atom. The Hall–Kier alpha value is -1.39. The number of methoxy groups -OCH3 is 1. The molecule has 0 aromatic heterocycles. The zero-order valence-corrected chi connectivity index (χ0v) is 12.3. The smallest absolute Gasteiger partial charge is 0.199 e. The van der Waals surface area contributed by atoms with Crippen molar-refractivity contribution < 1.29 is 13.9 Å². The second-order valence-corrected chi connectivity index (χ2v) is 5.15. The molecule has 0 atom stereocenters. The van der Waals surface area contributed by atoms with Gasteiger partial charge in [-0.1, -0.05) is 27.5 Å². The van der Waals surface area contributed by atoms with Gasteiger partial charge in [-0.05, 0) is 36.4 Å². The third-order valence-electron chi connectivity index (χ3n) is 2.58. The third kappa shape index (κ3) is 2.96. The van der Waals surface area contributed by atoms with Crippen molar-refractivity contribution in [3.8, 4) is 5.75 Å². The van der Waals surface area contributed by atoms with Gasteiger partial charge >= 0.3 is 0 Å². The van der Waals surface area contributed by atoms with E-state index in [0.29, 0.717) is 15.2 Å². The fourth-order valence-corrected chi connectivity index (χ4v) is 2.21. The van der Waals surface area contributed by atoms with Crippen LogP contribution in [0.1, 0.15) is 15.9 Å². The Kier molecular flexibility index (Phi) is 4.22. The lowest BCUT2D eigenvalue weighted by atomic mass is 10.0. The monoisotopic (exact) mass is 342 g/mol. The molecule has 0 amide bonds. The molecule has 0 aliphatic heterocycles. The van der Waals surface area contributed by atoms with Gasteiger partial charge in [0.15, 0.2) is 5.78 Å². The van der Waals surface area contributed by atoms with Gasteiger partial charge in [-0.15, -0.1) is 0 Å². The molecule has 0 fully saturated rings. The van der Waals surface area contributed by atoms with E-state index < -0.39 is 11.6 Å². The number of ketones is 1. The molecule has 2 aromatic carbocycles. The molecule has 0 heterocycles. The minimum Gasteiger partial charge on any atom is -0.496 e. The van der Waals surface area contributed by atoms with Gasteiger partial charge in [0.25, 0.3) is 0 Å². The lowest BCUT2D eigenvalue weighted by Crippen LogP contribution is -2.06. The van der Waals surface area contributed by atoms with Crippen molar-refractivity contribution in [2.24, 2.45) is 0 Å². The Balaban J connectivity index is 2.55. The van der Waals surface area contributed by atoms with Crippen molar-refractivity contribution in [2.75, 3.05) is 7.11 Å². The largest absolute Gasteiger partial charge is 0.496 e. The maximum absolute atomic E-state index is 13.7. The van der Waals surface area contributed by atoms with Crippen LogP contribution in [-0.4, -0.2) is 12.9 Å². The van der Waals surface area contributed by atoms with Crippen molar-refractivity contribution in [1.29, 1.82) is 0 Å². The predicted molar refractivity (Wildman–Crippen MR) is 75.5 cm³/mol. The minimum atomic E-state index is -0.588. The van der Waals surface area contributed by atoms with Crippen molar-refractivity contribution in [1.82, 2.24) is 0 Å². The normalized spacial score (nSPS) is 10.3. The minimum absolute atomic E-state index is 0.0325. The number of carbonyl (C=O) groups excluding carboxylic acids is 1. The lowest BCUT2D eigenvalue weighted by Gasteiger charge is -2.09. The number of carbonyl (C=O) groups is 1. The number of ether oxygens (including phenoxy) is 1. The maximum atomic E-state index is 13.7. The van der Waals surface area contributed by atoms with Gasteiger partial charge < -0.3 is 4.74 Å².